The number of nitrogens with zero attached hydrogens (tertiary/aromatic N) is 1. The van der Waals surface area contributed by atoms with Crippen LogP contribution in [0, 0.1) is 5.92 Å². The molecule has 0 radical (unpaired) electrons. The summed E-state index contributed by atoms with van der Waals surface area (Å²) in [6.07, 6.45) is 5.43. The number of aliphatic hydroxyl groups excluding tert-OH is 1. The second kappa shape index (κ2) is 5.00. The molecule has 1 saturated carbocycles. The molecule has 0 aromatic rings. The maximum Gasteiger partial charge on any atom is 0.191 e. The normalized spacial score (nSPS) is 40.1. The van der Waals surface area contributed by atoms with Crippen LogP contribution in [-0.4, -0.2) is 39.7 Å². The number of hydrogen-bond acceptors (Lipinski definition) is 3. The maximum atomic E-state index is 10.3. The van der Waals surface area contributed by atoms with Crippen LogP contribution in [0.25, 0.3) is 0 Å². The number of nitrogens with two attached hydrogens (primary N) is 1. The Hall–Kier alpha value is -0.160. The summed E-state index contributed by atoms with van der Waals surface area (Å²) in [4.78, 5) is 0. The van der Waals surface area contributed by atoms with Crippen molar-refractivity contribution in [3.63, 3.8) is 0 Å². The second-order valence-corrected chi connectivity index (χ2v) is 5.55. The van der Waals surface area contributed by atoms with E-state index in [1.807, 2.05) is 6.92 Å². The lowest BCUT2D eigenvalue weighted by molar-refractivity contribution is -0.721. The van der Waals surface area contributed by atoms with E-state index >= 15 is 0 Å². The van der Waals surface area contributed by atoms with Crippen LogP contribution in [0.4, 0.5) is 0 Å². The van der Waals surface area contributed by atoms with Crippen LogP contribution in [-0.2, 0) is 0 Å². The van der Waals surface area contributed by atoms with E-state index in [0.717, 1.165) is 12.8 Å². The lowest BCUT2D eigenvalue weighted by atomic mass is 9.84. The molecule has 1 aliphatic heterocycles. The zero-order valence-electron chi connectivity index (χ0n) is 10.3. The molecular formula is C12H25N2O2+. The highest BCUT2D eigenvalue weighted by Gasteiger charge is 2.45. The van der Waals surface area contributed by atoms with Crippen molar-refractivity contribution in [2.75, 3.05) is 0 Å². The van der Waals surface area contributed by atoms with Crippen LogP contribution in [0.5, 0.6) is 0 Å². The van der Waals surface area contributed by atoms with Gasteiger partial charge in [-0.1, -0.05) is 19.3 Å². The predicted molar refractivity (Wildman–Crippen MR) is 60.8 cm³/mol. The number of hydrogen-bond donors (Lipinski definition) is 3. The number of hydroxylamine groups is 2. The molecule has 0 bridgehead atoms. The van der Waals surface area contributed by atoms with Gasteiger partial charge in [-0.3, -0.25) is 0 Å². The van der Waals surface area contributed by atoms with Crippen LogP contribution >= 0.6 is 0 Å². The Morgan fingerprint density at radius 1 is 1.19 bits per heavy atom. The molecule has 16 heavy (non-hydrogen) atoms. The number of aliphatic hydroxyl groups is 1. The Morgan fingerprint density at radius 3 is 2.31 bits per heavy atom. The summed E-state index contributed by atoms with van der Waals surface area (Å²) in [6.45, 7) is 4.11. The van der Waals surface area contributed by atoms with E-state index in [9.17, 15) is 10.3 Å². The van der Waals surface area contributed by atoms with Gasteiger partial charge in [0.2, 0.25) is 0 Å². The molecule has 2 fully saturated rings. The SMILES string of the molecule is CC1[NH2+]C([C@H](O)C2CCCCC2)N(O)C1C. The summed E-state index contributed by atoms with van der Waals surface area (Å²) in [5.41, 5.74) is 0. The minimum Gasteiger partial charge on any atom is -0.385 e. The van der Waals surface area contributed by atoms with E-state index in [0.29, 0.717) is 12.0 Å². The van der Waals surface area contributed by atoms with Gasteiger partial charge in [0.05, 0.1) is 6.04 Å². The van der Waals surface area contributed by atoms with Crippen LogP contribution in [0.3, 0.4) is 0 Å². The smallest absolute Gasteiger partial charge is 0.191 e. The van der Waals surface area contributed by atoms with Gasteiger partial charge in [0.15, 0.2) is 6.17 Å². The molecule has 0 aromatic carbocycles. The first-order valence-electron chi connectivity index (χ1n) is 6.61. The van der Waals surface area contributed by atoms with Gasteiger partial charge >= 0.3 is 0 Å². The van der Waals surface area contributed by atoms with E-state index in [-0.39, 0.29) is 12.2 Å². The monoisotopic (exact) mass is 229 g/mol. The third-order valence-electron chi connectivity index (χ3n) is 4.47. The summed E-state index contributed by atoms with van der Waals surface area (Å²) < 4.78 is 0. The number of quaternary nitrogens is 1. The highest BCUT2D eigenvalue weighted by Crippen LogP contribution is 2.28. The fraction of sp³-hybridized carbons (Fsp3) is 1.00. The zero-order chi connectivity index (χ0) is 11.7. The Kier molecular flexibility index (Phi) is 3.85. The first kappa shape index (κ1) is 12.3. The molecule has 3 unspecified atom stereocenters. The molecule has 4 heteroatoms. The molecule has 1 saturated heterocycles. The van der Waals surface area contributed by atoms with Crippen molar-refractivity contribution >= 4 is 0 Å². The Morgan fingerprint density at radius 2 is 1.81 bits per heavy atom. The van der Waals surface area contributed by atoms with Crippen molar-refractivity contribution in [2.24, 2.45) is 5.92 Å². The summed E-state index contributed by atoms with van der Waals surface area (Å²) >= 11 is 0. The standard InChI is InChI=1S/C12H24N2O2/c1-8-9(2)14(16)12(13-8)11(15)10-6-4-3-5-7-10/h8-13,15-16H,3-7H2,1-2H3/p+1/t8?,9?,11-,12?/m1/s1. The molecule has 2 rings (SSSR count). The van der Waals surface area contributed by atoms with E-state index < -0.39 is 6.10 Å². The van der Waals surface area contributed by atoms with Gasteiger partial charge in [0.1, 0.15) is 12.1 Å². The second-order valence-electron chi connectivity index (χ2n) is 5.55. The lowest BCUT2D eigenvalue weighted by Gasteiger charge is -2.30. The molecule has 4 atom stereocenters. The Labute approximate surface area is 97.6 Å². The topological polar surface area (TPSA) is 60.3 Å². The average Bonchev–Trinajstić information content (AvgIpc) is 2.57. The van der Waals surface area contributed by atoms with Gasteiger partial charge in [-0.25, -0.2) is 0 Å². The fourth-order valence-electron chi connectivity index (χ4n) is 3.10. The van der Waals surface area contributed by atoms with E-state index in [2.05, 4.69) is 12.2 Å². The number of rotatable bonds is 2. The lowest BCUT2D eigenvalue weighted by Crippen LogP contribution is -2.95. The summed E-state index contributed by atoms with van der Waals surface area (Å²) in [6, 6.07) is 0.483. The Balaban J connectivity index is 1.96. The molecule has 0 amide bonds. The van der Waals surface area contributed by atoms with E-state index in [4.69, 9.17) is 0 Å². The van der Waals surface area contributed by atoms with E-state index in [1.54, 1.807) is 0 Å². The minimum atomic E-state index is -0.391. The van der Waals surface area contributed by atoms with Crippen molar-refractivity contribution in [1.29, 1.82) is 0 Å². The Bertz CT molecular complexity index is 231. The fourth-order valence-corrected chi connectivity index (χ4v) is 3.10. The maximum absolute atomic E-state index is 10.3. The van der Waals surface area contributed by atoms with Gasteiger partial charge < -0.3 is 15.6 Å². The molecule has 4 nitrogen and oxygen atoms in total. The summed E-state index contributed by atoms with van der Waals surface area (Å²) in [5.74, 6) is 0.377. The molecular weight excluding hydrogens is 204 g/mol. The van der Waals surface area contributed by atoms with Gasteiger partial charge in [0.25, 0.3) is 0 Å². The quantitative estimate of drug-likeness (QED) is 0.638. The molecule has 94 valence electrons. The predicted octanol–water partition coefficient (Wildman–Crippen LogP) is 0.299. The molecule has 0 spiro atoms. The minimum absolute atomic E-state index is 0.128. The van der Waals surface area contributed by atoms with Crippen LogP contribution < -0.4 is 5.32 Å². The molecule has 4 N–H and O–H groups in total. The molecule has 1 heterocycles. The van der Waals surface area contributed by atoms with Crippen molar-refractivity contribution in [3.05, 3.63) is 0 Å². The first-order chi connectivity index (χ1) is 7.61. The summed E-state index contributed by atoms with van der Waals surface area (Å²) in [5, 5.41) is 23.8. The van der Waals surface area contributed by atoms with Crippen LogP contribution in [0.1, 0.15) is 46.0 Å². The zero-order valence-corrected chi connectivity index (χ0v) is 10.3. The molecule has 0 aromatic heterocycles. The third-order valence-corrected chi connectivity index (χ3v) is 4.47. The van der Waals surface area contributed by atoms with Crippen LogP contribution in [0.15, 0.2) is 0 Å². The average molecular weight is 229 g/mol. The summed E-state index contributed by atoms with van der Waals surface area (Å²) in [7, 11) is 0. The first-order valence-corrected chi connectivity index (χ1v) is 6.61. The van der Waals surface area contributed by atoms with Gasteiger partial charge in [-0.15, -0.1) is 5.06 Å². The highest BCUT2D eigenvalue weighted by atomic mass is 16.5. The van der Waals surface area contributed by atoms with Crippen molar-refractivity contribution in [3.8, 4) is 0 Å². The third kappa shape index (κ3) is 2.25. The van der Waals surface area contributed by atoms with Gasteiger partial charge in [-0.05, 0) is 32.6 Å². The largest absolute Gasteiger partial charge is 0.385 e. The molecule has 1 aliphatic carbocycles. The van der Waals surface area contributed by atoms with Crippen molar-refractivity contribution in [1.82, 2.24) is 5.06 Å². The van der Waals surface area contributed by atoms with Crippen molar-refractivity contribution in [2.45, 2.75) is 70.3 Å². The van der Waals surface area contributed by atoms with Crippen LogP contribution in [0.2, 0.25) is 0 Å². The highest BCUT2D eigenvalue weighted by molar-refractivity contribution is 4.82. The van der Waals surface area contributed by atoms with E-state index in [1.165, 1.54) is 24.3 Å². The van der Waals surface area contributed by atoms with Crippen molar-refractivity contribution < 1.29 is 15.6 Å². The molecule has 2 aliphatic rings. The van der Waals surface area contributed by atoms with Gasteiger partial charge in [-0.2, -0.15) is 0 Å². The van der Waals surface area contributed by atoms with Gasteiger partial charge in [0, 0.05) is 0 Å².